The van der Waals surface area contributed by atoms with Crippen LogP contribution < -0.4 is 38.1 Å². The Morgan fingerprint density at radius 3 is 1.35 bits per heavy atom. The molecule has 94 heavy (non-hydrogen) atoms. The molecule has 0 spiro atoms. The number of aliphatic hydroxyl groups excluding tert-OH is 1. The van der Waals surface area contributed by atoms with Gasteiger partial charge in [0.25, 0.3) is 0 Å². The van der Waals surface area contributed by atoms with Gasteiger partial charge in [-0.05, 0) is 172 Å². The number of aromatic amines is 4. The minimum Gasteiger partial charge on any atom is -0.387 e. The number of nitrogens with one attached hydrogen (secondary N) is 9. The summed E-state index contributed by atoms with van der Waals surface area (Å²) in [5.41, 5.74) is 22.6. The van der Waals surface area contributed by atoms with Crippen molar-refractivity contribution >= 4 is 67.4 Å². The molecule has 0 radical (unpaired) electrons. The summed E-state index contributed by atoms with van der Waals surface area (Å²) in [6.07, 6.45) is 17.1. The van der Waals surface area contributed by atoms with E-state index in [9.17, 15) is 5.11 Å². The first-order valence-corrected chi connectivity index (χ1v) is 32.3. The molecule has 13 heterocycles. The van der Waals surface area contributed by atoms with Crippen molar-refractivity contribution < 1.29 is 12.2 Å². The van der Waals surface area contributed by atoms with Crippen molar-refractivity contribution in [3.05, 3.63) is 182 Å². The molecule has 16 rings (SSSR count). The highest BCUT2D eigenvalue weighted by atomic mass is 16.3. The maximum absolute atomic E-state index is 10.3. The highest BCUT2D eigenvalue weighted by molar-refractivity contribution is 5.92. The SMILES string of the molecule is NC1CCCCC1Nc1cccc(-c2[nH]nc3ncccc23)n1.NCC1CCC(CNc2cccc(-c3[nH]nc4ncccc34)n2)CC1.O[C@H](CNc1cccc(-c2[nH]nc3ncccc23)n1)c1ccccc1.[HH].[HH].[HH].[HH].[HH].c1cc(NC2CCNC2)nc(-c2[nH]nc3ncccc23)c1. The number of aliphatic hydroxyl groups is 1. The predicted octanol–water partition coefficient (Wildman–Crippen LogP) is 12.1. The summed E-state index contributed by atoms with van der Waals surface area (Å²) in [6, 6.07) is 49.8. The van der Waals surface area contributed by atoms with Crippen LogP contribution in [0.4, 0.5) is 23.3 Å². The van der Waals surface area contributed by atoms with Gasteiger partial charge in [0.15, 0.2) is 22.6 Å². The minimum absolute atomic E-state index is 0. The molecule has 24 nitrogen and oxygen atoms in total. The third kappa shape index (κ3) is 15.3. The molecule has 13 aromatic rings. The van der Waals surface area contributed by atoms with E-state index in [4.69, 9.17) is 26.4 Å². The van der Waals surface area contributed by atoms with Crippen molar-refractivity contribution in [2.24, 2.45) is 23.3 Å². The third-order valence-electron chi connectivity index (χ3n) is 17.4. The van der Waals surface area contributed by atoms with E-state index < -0.39 is 6.10 Å². The zero-order valence-electron chi connectivity index (χ0n) is 52.1. The first-order valence-electron chi connectivity index (χ1n) is 32.3. The summed E-state index contributed by atoms with van der Waals surface area (Å²) in [5, 5.41) is 60.2. The van der Waals surface area contributed by atoms with Gasteiger partial charge in [0, 0.05) is 91.2 Å². The van der Waals surface area contributed by atoms with Gasteiger partial charge >= 0.3 is 0 Å². The number of nitrogens with two attached hydrogens (primary N) is 2. The first-order chi connectivity index (χ1) is 46.3. The van der Waals surface area contributed by atoms with Gasteiger partial charge in [-0.15, -0.1) is 0 Å². The van der Waals surface area contributed by atoms with E-state index in [-0.39, 0.29) is 13.2 Å². The second-order valence-corrected chi connectivity index (χ2v) is 23.9. The van der Waals surface area contributed by atoms with Crippen molar-refractivity contribution in [2.75, 3.05) is 54.0 Å². The number of hydrogen-bond acceptors (Lipinski definition) is 20. The number of benzene rings is 1. The summed E-state index contributed by atoms with van der Waals surface area (Å²) in [5.74, 6) is 4.79. The fourth-order valence-electron chi connectivity index (χ4n) is 12.3. The van der Waals surface area contributed by atoms with Gasteiger partial charge in [0.05, 0.1) is 51.7 Å². The second kappa shape index (κ2) is 30.2. The maximum Gasteiger partial charge on any atom is 0.181 e. The van der Waals surface area contributed by atoms with E-state index >= 15 is 0 Å². The van der Waals surface area contributed by atoms with Gasteiger partial charge in [0.2, 0.25) is 0 Å². The van der Waals surface area contributed by atoms with Crippen molar-refractivity contribution in [1.29, 1.82) is 0 Å². The standard InChI is InChI=1S/C19H24N6.C19H17N5O.C17H20N6.C15H16N6.5H2/c20-11-13-6-8-14(9-7-13)12-22-17-5-1-4-16(23-17)18-15-3-2-10-21-19(15)25-24-18;25-16(13-6-2-1-3-7-13)12-21-17-10-4-9-15(22-17)18-14-8-5-11-20-19(14)24-23-18;18-12-6-1-2-7-13(12)20-15-9-3-8-14(21-15)16-11-5-4-10-19-17(11)23-22-16;1-4-12(14-11-3-2-7-17-15(11)21-20-14)19-13(5-1)18-10-6-8-16-9-10;;;;;/h1-5,10,13-14H,6-9,11-12,20H2,(H,22,23)(H,21,24,25);1-11,16,25H,12H2,(H,21,22)(H,20,23,24);3-5,8-10,12-13H,1-2,6-7,18H2,(H,20,21)(H,19,22,23);1-5,7,10,16H,6,8-9H2,(H,18,19)(H,17,20,21);5*1H/t;16-;;;;;;;/m.1......./s1. The fraction of sp³-hybridized carbons (Fsp3) is 0.286. The molecule has 1 aromatic carbocycles. The van der Waals surface area contributed by atoms with Gasteiger partial charge in [0.1, 0.15) is 23.3 Å². The number of pyridine rings is 8. The summed E-state index contributed by atoms with van der Waals surface area (Å²) in [6.45, 7) is 4.23. The molecule has 3 fully saturated rings. The topological polar surface area (TPSA) is 350 Å². The van der Waals surface area contributed by atoms with Gasteiger partial charge in [-0.3, -0.25) is 20.4 Å². The third-order valence-corrected chi connectivity index (χ3v) is 17.4. The molecule has 3 unspecified atom stereocenters. The van der Waals surface area contributed by atoms with Gasteiger partial charge in [-0.2, -0.15) is 20.4 Å². The zero-order chi connectivity index (χ0) is 63.8. The number of rotatable bonds is 16. The van der Waals surface area contributed by atoms with Crippen LogP contribution in [0.25, 0.3) is 89.7 Å². The Hall–Kier alpha value is -10.7. The van der Waals surface area contributed by atoms with Crippen molar-refractivity contribution in [3.8, 4) is 45.6 Å². The lowest BCUT2D eigenvalue weighted by Gasteiger charge is -2.29. The Labute approximate surface area is 550 Å². The maximum atomic E-state index is 10.3. The quantitative estimate of drug-likeness (QED) is 0.0427. The van der Waals surface area contributed by atoms with E-state index in [1.165, 1.54) is 38.5 Å². The van der Waals surface area contributed by atoms with E-state index in [1.54, 1.807) is 24.8 Å². The first kappa shape index (κ1) is 62.2. The molecule has 1 aliphatic heterocycles. The number of anilines is 4. The smallest absolute Gasteiger partial charge is 0.181 e. The number of nitrogens with zero attached hydrogens (tertiary/aromatic N) is 12. The molecule has 2 aliphatic carbocycles. The van der Waals surface area contributed by atoms with Gasteiger partial charge in [-0.1, -0.05) is 67.4 Å². The molecule has 12 aromatic heterocycles. The summed E-state index contributed by atoms with van der Waals surface area (Å²) in [4.78, 5) is 35.8. The molecule has 2 saturated carbocycles. The Bertz CT molecular complexity index is 4560. The monoisotopic (exact) mass is 1270 g/mol. The number of H-pyrrole nitrogens is 4. The van der Waals surface area contributed by atoms with Crippen molar-refractivity contribution in [1.82, 2.24) is 86.0 Å². The van der Waals surface area contributed by atoms with E-state index in [1.807, 2.05) is 152 Å². The molecule has 0 amide bonds. The summed E-state index contributed by atoms with van der Waals surface area (Å²) in [7, 11) is 0. The Morgan fingerprint density at radius 2 is 0.894 bits per heavy atom. The van der Waals surface area contributed by atoms with Crippen LogP contribution in [0.3, 0.4) is 0 Å². The highest BCUT2D eigenvalue weighted by Crippen LogP contribution is 2.32. The predicted molar refractivity (Wildman–Crippen MR) is 381 cm³/mol. The van der Waals surface area contributed by atoms with Gasteiger partial charge in [-0.25, -0.2) is 39.9 Å². The van der Waals surface area contributed by atoms with Crippen LogP contribution in [0.1, 0.15) is 76.6 Å². The van der Waals surface area contributed by atoms with Gasteiger partial charge < -0.3 is 43.2 Å². The van der Waals surface area contributed by atoms with Crippen molar-refractivity contribution in [3.63, 3.8) is 0 Å². The molecule has 24 heteroatoms. The minimum atomic E-state index is -0.594. The molecule has 14 N–H and O–H groups in total. The zero-order valence-corrected chi connectivity index (χ0v) is 52.1. The molecule has 4 atom stereocenters. The molecule has 488 valence electrons. The van der Waals surface area contributed by atoms with Crippen LogP contribution >= 0.6 is 0 Å². The highest BCUT2D eigenvalue weighted by Gasteiger charge is 2.24. The normalized spacial score (nSPS) is 18.1. The summed E-state index contributed by atoms with van der Waals surface area (Å²) < 4.78 is 0. The second-order valence-electron chi connectivity index (χ2n) is 23.9. The average Bonchev–Trinajstić information content (AvgIpc) is 1.72. The Balaban J connectivity index is 0.000000166. The Morgan fingerprint density at radius 1 is 0.457 bits per heavy atom. The lowest BCUT2D eigenvalue weighted by atomic mass is 9.82. The molecular formula is C70H87N23O. The van der Waals surface area contributed by atoms with Crippen LogP contribution in [-0.4, -0.2) is 137 Å². The Kier molecular flexibility index (Phi) is 20.0. The molecule has 3 aliphatic rings. The molecule has 1 saturated heterocycles. The number of fused-ring (bicyclic) bond motifs is 4. The number of aromatic nitrogens is 16. The largest absolute Gasteiger partial charge is 0.387 e. The lowest BCUT2D eigenvalue weighted by Crippen LogP contribution is -2.42. The lowest BCUT2D eigenvalue weighted by molar-refractivity contribution is 0.191. The van der Waals surface area contributed by atoms with Crippen molar-refractivity contribution in [2.45, 2.75) is 82.0 Å². The van der Waals surface area contributed by atoms with E-state index in [0.29, 0.717) is 53.0 Å². The average molecular weight is 1270 g/mol. The molecular weight excluding hydrogens is 1180 g/mol. The van der Waals surface area contributed by atoms with Crippen LogP contribution in [0.5, 0.6) is 0 Å². The number of hydrogen-bond donors (Lipinski definition) is 12. The van der Waals surface area contributed by atoms with Crippen LogP contribution in [0.2, 0.25) is 0 Å². The van der Waals surface area contributed by atoms with E-state index in [2.05, 4.69) is 92.3 Å². The fourth-order valence-corrected chi connectivity index (χ4v) is 12.3. The van der Waals surface area contributed by atoms with Crippen LogP contribution in [0.15, 0.2) is 176 Å². The molecule has 0 bridgehead atoms. The van der Waals surface area contributed by atoms with Crippen LogP contribution in [0, 0.1) is 11.8 Å². The van der Waals surface area contributed by atoms with E-state index in [0.717, 1.165) is 141 Å². The van der Waals surface area contributed by atoms with Crippen LogP contribution in [-0.2, 0) is 0 Å². The summed E-state index contributed by atoms with van der Waals surface area (Å²) >= 11 is 0.